The van der Waals surface area contributed by atoms with Gasteiger partial charge in [0, 0.05) is 22.5 Å². The number of carbonyl (C=O) groups is 2. The number of benzene rings is 3. The lowest BCUT2D eigenvalue weighted by Gasteiger charge is -2.09. The van der Waals surface area contributed by atoms with Gasteiger partial charge >= 0.3 is 0 Å². The minimum Gasteiger partial charge on any atom is -0.337 e. The third kappa shape index (κ3) is 4.55. The first kappa shape index (κ1) is 20.1. The van der Waals surface area contributed by atoms with Crippen LogP contribution in [0.5, 0.6) is 0 Å². The van der Waals surface area contributed by atoms with E-state index in [0.717, 1.165) is 0 Å². The molecule has 9 heteroatoms. The number of nitrogens with zero attached hydrogens (tertiary/aromatic N) is 1. The van der Waals surface area contributed by atoms with Gasteiger partial charge in [0.15, 0.2) is 5.82 Å². The number of nitrogens with one attached hydrogen (secondary N) is 3. The number of aromatic amines is 1. The van der Waals surface area contributed by atoms with Crippen LogP contribution in [0, 0.1) is 5.82 Å². The molecule has 2 amide bonds. The van der Waals surface area contributed by atoms with E-state index in [1.165, 1.54) is 42.5 Å². The average molecular weight is 424 g/mol. The molecule has 3 N–H and O–H groups in total. The highest BCUT2D eigenvalue weighted by molar-refractivity contribution is 6.08. The Morgan fingerprint density at radius 2 is 1.48 bits per heavy atom. The van der Waals surface area contributed by atoms with Gasteiger partial charge in [-0.25, -0.2) is 18.2 Å². The van der Waals surface area contributed by atoms with Gasteiger partial charge in [-0.3, -0.25) is 9.59 Å². The van der Waals surface area contributed by atoms with Crippen LogP contribution in [-0.4, -0.2) is 21.8 Å². The first-order valence-electron chi connectivity index (χ1n) is 9.15. The number of halogens is 3. The van der Waals surface area contributed by atoms with Gasteiger partial charge in [-0.05, 0) is 54.6 Å². The first-order valence-corrected chi connectivity index (χ1v) is 9.15. The summed E-state index contributed by atoms with van der Waals surface area (Å²) in [6.07, 6.45) is -2.74. The number of hydrogen-bond donors (Lipinski definition) is 3. The molecule has 0 bridgehead atoms. The van der Waals surface area contributed by atoms with E-state index in [1.807, 2.05) is 0 Å². The van der Waals surface area contributed by atoms with Crippen LogP contribution in [0.25, 0.3) is 11.0 Å². The highest BCUT2D eigenvalue weighted by Crippen LogP contribution is 2.21. The molecule has 0 saturated heterocycles. The molecule has 31 heavy (non-hydrogen) atoms. The highest BCUT2D eigenvalue weighted by atomic mass is 19.3. The van der Waals surface area contributed by atoms with E-state index in [-0.39, 0.29) is 11.1 Å². The molecule has 0 unspecified atom stereocenters. The van der Waals surface area contributed by atoms with Crippen molar-refractivity contribution >= 4 is 34.2 Å². The van der Waals surface area contributed by atoms with Crippen molar-refractivity contribution in [1.29, 1.82) is 0 Å². The van der Waals surface area contributed by atoms with Crippen molar-refractivity contribution in [3.05, 3.63) is 89.5 Å². The van der Waals surface area contributed by atoms with Gasteiger partial charge in [-0.1, -0.05) is 12.1 Å². The summed E-state index contributed by atoms with van der Waals surface area (Å²) >= 11 is 0. The Labute approximate surface area is 174 Å². The Morgan fingerprint density at radius 1 is 0.839 bits per heavy atom. The number of carbonyl (C=O) groups excluding carboxylic acids is 2. The first-order chi connectivity index (χ1) is 14.9. The van der Waals surface area contributed by atoms with Crippen molar-refractivity contribution in [3.8, 4) is 0 Å². The summed E-state index contributed by atoms with van der Waals surface area (Å²) in [5.41, 5.74) is 1.78. The lowest BCUT2D eigenvalue weighted by atomic mass is 10.1. The van der Waals surface area contributed by atoms with Crippen LogP contribution in [-0.2, 0) is 0 Å². The summed E-state index contributed by atoms with van der Waals surface area (Å²) in [6, 6.07) is 16.0. The summed E-state index contributed by atoms with van der Waals surface area (Å²) in [5.74, 6) is -1.91. The van der Waals surface area contributed by atoms with Crippen molar-refractivity contribution in [1.82, 2.24) is 9.97 Å². The van der Waals surface area contributed by atoms with Gasteiger partial charge in [-0.15, -0.1) is 0 Å². The SMILES string of the molecule is O=C(Nc1cccc(F)c1)c1cccc(NC(=O)c2ccc3nc(C(F)F)[nH]c3c2)c1. The average Bonchev–Trinajstić information content (AvgIpc) is 3.18. The van der Waals surface area contributed by atoms with Gasteiger partial charge in [0.1, 0.15) is 5.82 Å². The molecule has 0 spiro atoms. The number of anilines is 2. The van der Waals surface area contributed by atoms with Crippen LogP contribution in [0.3, 0.4) is 0 Å². The van der Waals surface area contributed by atoms with Crippen molar-refractivity contribution in [2.75, 3.05) is 10.6 Å². The minimum atomic E-state index is -2.74. The van der Waals surface area contributed by atoms with E-state index in [2.05, 4.69) is 20.6 Å². The summed E-state index contributed by atoms with van der Waals surface area (Å²) < 4.78 is 38.9. The number of hydrogen-bond acceptors (Lipinski definition) is 3. The van der Waals surface area contributed by atoms with Crippen molar-refractivity contribution in [2.24, 2.45) is 0 Å². The maximum Gasteiger partial charge on any atom is 0.295 e. The number of imidazole rings is 1. The molecule has 0 aliphatic heterocycles. The van der Waals surface area contributed by atoms with E-state index >= 15 is 0 Å². The fourth-order valence-corrected chi connectivity index (χ4v) is 2.98. The lowest BCUT2D eigenvalue weighted by molar-refractivity contribution is 0.101. The summed E-state index contributed by atoms with van der Waals surface area (Å²) in [5, 5.41) is 5.24. The van der Waals surface area contributed by atoms with Crippen LogP contribution in [0.15, 0.2) is 66.7 Å². The van der Waals surface area contributed by atoms with Crippen LogP contribution in [0.2, 0.25) is 0 Å². The van der Waals surface area contributed by atoms with Gasteiger partial charge in [-0.2, -0.15) is 0 Å². The molecule has 1 heterocycles. The summed E-state index contributed by atoms with van der Waals surface area (Å²) in [6.45, 7) is 0. The fourth-order valence-electron chi connectivity index (χ4n) is 2.98. The Balaban J connectivity index is 1.49. The third-order valence-corrected chi connectivity index (χ3v) is 4.43. The molecule has 4 aromatic rings. The zero-order chi connectivity index (χ0) is 22.0. The van der Waals surface area contributed by atoms with Crippen LogP contribution in [0.1, 0.15) is 33.0 Å². The van der Waals surface area contributed by atoms with E-state index in [1.54, 1.807) is 24.3 Å². The molecule has 3 aromatic carbocycles. The molecule has 156 valence electrons. The zero-order valence-corrected chi connectivity index (χ0v) is 15.8. The largest absolute Gasteiger partial charge is 0.337 e. The van der Waals surface area contributed by atoms with E-state index in [0.29, 0.717) is 22.4 Å². The van der Waals surface area contributed by atoms with E-state index in [4.69, 9.17) is 0 Å². The van der Waals surface area contributed by atoms with Crippen LogP contribution >= 0.6 is 0 Å². The number of aromatic nitrogens is 2. The molecule has 0 saturated carbocycles. The fraction of sp³-hybridized carbons (Fsp3) is 0.0455. The molecule has 0 aliphatic rings. The van der Waals surface area contributed by atoms with Gasteiger partial charge in [0.05, 0.1) is 11.0 Å². The zero-order valence-electron chi connectivity index (χ0n) is 15.8. The Morgan fingerprint density at radius 3 is 2.16 bits per heavy atom. The van der Waals surface area contributed by atoms with Crippen LogP contribution in [0.4, 0.5) is 24.5 Å². The molecular weight excluding hydrogens is 409 g/mol. The Kier molecular flexibility index (Phi) is 5.40. The molecule has 1 aromatic heterocycles. The van der Waals surface area contributed by atoms with E-state index < -0.39 is 29.9 Å². The van der Waals surface area contributed by atoms with Gasteiger partial charge < -0.3 is 15.6 Å². The standard InChI is InChI=1S/C22H15F3N4O2/c23-14-4-2-6-16(11-14)27-21(30)12-3-1-5-15(9-12)26-22(31)13-7-8-17-18(10-13)29-20(28-17)19(24)25/h1-11,19H,(H,26,31)(H,27,30)(H,28,29). The maximum absolute atomic E-state index is 13.3. The van der Waals surface area contributed by atoms with Crippen molar-refractivity contribution < 1.29 is 22.8 Å². The Bertz CT molecular complexity index is 1290. The number of alkyl halides is 2. The second kappa shape index (κ2) is 8.31. The predicted molar refractivity (Wildman–Crippen MR) is 110 cm³/mol. The van der Waals surface area contributed by atoms with Crippen molar-refractivity contribution in [3.63, 3.8) is 0 Å². The highest BCUT2D eigenvalue weighted by Gasteiger charge is 2.15. The molecule has 4 rings (SSSR count). The van der Waals surface area contributed by atoms with Crippen LogP contribution < -0.4 is 10.6 Å². The number of rotatable bonds is 5. The molecular formula is C22H15F3N4O2. The lowest BCUT2D eigenvalue weighted by Crippen LogP contribution is -2.14. The van der Waals surface area contributed by atoms with Crippen molar-refractivity contribution in [2.45, 2.75) is 6.43 Å². The summed E-state index contributed by atoms with van der Waals surface area (Å²) in [7, 11) is 0. The Hall–Kier alpha value is -4.14. The predicted octanol–water partition coefficient (Wildman–Crippen LogP) is 5.14. The number of H-pyrrole nitrogens is 1. The molecule has 6 nitrogen and oxygen atoms in total. The second-order valence-corrected chi connectivity index (χ2v) is 6.65. The molecule has 0 atom stereocenters. The third-order valence-electron chi connectivity index (χ3n) is 4.43. The smallest absolute Gasteiger partial charge is 0.295 e. The second-order valence-electron chi connectivity index (χ2n) is 6.65. The number of amides is 2. The summed E-state index contributed by atoms with van der Waals surface area (Å²) in [4.78, 5) is 31.2. The quantitative estimate of drug-likeness (QED) is 0.414. The topological polar surface area (TPSA) is 86.9 Å². The normalized spacial score (nSPS) is 11.0. The molecule has 0 aliphatic carbocycles. The minimum absolute atomic E-state index is 0.228. The molecule has 0 fully saturated rings. The van der Waals surface area contributed by atoms with Gasteiger partial charge in [0.25, 0.3) is 18.2 Å². The monoisotopic (exact) mass is 424 g/mol. The molecule has 0 radical (unpaired) electrons. The maximum atomic E-state index is 13.3. The van der Waals surface area contributed by atoms with E-state index in [9.17, 15) is 22.8 Å². The number of fused-ring (bicyclic) bond motifs is 1. The van der Waals surface area contributed by atoms with Gasteiger partial charge in [0.2, 0.25) is 0 Å².